The van der Waals surface area contributed by atoms with Crippen LogP contribution in [-0.4, -0.2) is 13.2 Å². The van der Waals surface area contributed by atoms with E-state index in [-0.39, 0.29) is 13.2 Å². The van der Waals surface area contributed by atoms with Crippen molar-refractivity contribution < 1.29 is 4.65 Å². The Morgan fingerprint density at radius 1 is 1.57 bits per heavy atom. The van der Waals surface area contributed by atoms with Crippen LogP contribution < -0.4 is 5.64 Å². The molecule has 0 rings (SSSR count). The van der Waals surface area contributed by atoms with Gasteiger partial charge in [0.1, 0.15) is 0 Å². The van der Waals surface area contributed by atoms with Crippen LogP contribution in [0.25, 0.3) is 0 Å². The molecule has 0 radical (unpaired) electrons. The second-order valence-electron chi connectivity index (χ2n) is 1.89. The van der Waals surface area contributed by atoms with Gasteiger partial charge in [0.25, 0.3) is 0 Å². The number of nitrogens with two attached hydrogens (primary N) is 1. The van der Waals surface area contributed by atoms with Crippen LogP contribution in [0.1, 0.15) is 13.8 Å². The first kappa shape index (κ1) is 6.98. The van der Waals surface area contributed by atoms with Crippen LogP contribution in [-0.2, 0) is 4.65 Å². The van der Waals surface area contributed by atoms with E-state index in [2.05, 4.69) is 0 Å². The molecule has 42 valence electrons. The lowest BCUT2D eigenvalue weighted by atomic mass is 9.90. The Morgan fingerprint density at radius 2 is 2.00 bits per heavy atom. The predicted molar refractivity (Wildman–Crippen MR) is 32.0 cm³/mol. The smallest absolute Gasteiger partial charge is 0.373 e. The molecule has 0 aliphatic heterocycles. The Labute approximate surface area is 45.2 Å². The SMILES string of the molecule is CB(N)OC(C)C. The van der Waals surface area contributed by atoms with Gasteiger partial charge in [0.05, 0.1) is 0 Å². The maximum atomic E-state index is 5.27. The first-order chi connectivity index (χ1) is 3.13. The zero-order valence-electron chi connectivity index (χ0n) is 5.14. The highest BCUT2D eigenvalue weighted by atomic mass is 16.5. The molecule has 2 nitrogen and oxygen atoms in total. The van der Waals surface area contributed by atoms with Gasteiger partial charge in [-0.3, -0.25) is 0 Å². The molecule has 0 aromatic carbocycles. The van der Waals surface area contributed by atoms with Crippen molar-refractivity contribution in [3.05, 3.63) is 0 Å². The van der Waals surface area contributed by atoms with Gasteiger partial charge in [-0.25, -0.2) is 0 Å². The van der Waals surface area contributed by atoms with Gasteiger partial charge in [0.15, 0.2) is 0 Å². The Morgan fingerprint density at radius 3 is 2.00 bits per heavy atom. The molecule has 0 saturated carbocycles. The Balaban J connectivity index is 2.95. The van der Waals surface area contributed by atoms with Crippen LogP contribution in [0.15, 0.2) is 0 Å². The van der Waals surface area contributed by atoms with E-state index < -0.39 is 0 Å². The van der Waals surface area contributed by atoms with Crippen LogP contribution in [0.4, 0.5) is 0 Å². The molecule has 0 fully saturated rings. The molecule has 7 heavy (non-hydrogen) atoms. The summed E-state index contributed by atoms with van der Waals surface area (Å²) in [4.78, 5) is 0. The number of hydrogen-bond donors (Lipinski definition) is 1. The van der Waals surface area contributed by atoms with E-state index in [0.717, 1.165) is 0 Å². The van der Waals surface area contributed by atoms with Gasteiger partial charge < -0.3 is 10.3 Å². The molecule has 0 aliphatic rings. The zero-order valence-corrected chi connectivity index (χ0v) is 5.14. The molecule has 0 amide bonds. The summed E-state index contributed by atoms with van der Waals surface area (Å²) in [6.07, 6.45) is 0.250. The zero-order chi connectivity index (χ0) is 5.86. The average Bonchev–Trinajstić information content (AvgIpc) is 1.27. The van der Waals surface area contributed by atoms with Crippen molar-refractivity contribution in [2.75, 3.05) is 0 Å². The second kappa shape index (κ2) is 3.05. The minimum Gasteiger partial charge on any atom is -0.420 e. The maximum absolute atomic E-state index is 5.27. The van der Waals surface area contributed by atoms with E-state index in [1.165, 1.54) is 0 Å². The highest BCUT2D eigenvalue weighted by molar-refractivity contribution is 6.46. The molecule has 0 heterocycles. The van der Waals surface area contributed by atoms with Gasteiger partial charge in [-0.2, -0.15) is 0 Å². The minimum absolute atomic E-state index is 0.125. The van der Waals surface area contributed by atoms with Crippen molar-refractivity contribution >= 4 is 7.05 Å². The molecule has 0 unspecified atom stereocenters. The fourth-order valence-electron chi connectivity index (χ4n) is 0.429. The van der Waals surface area contributed by atoms with Crippen molar-refractivity contribution in [3.63, 3.8) is 0 Å². The van der Waals surface area contributed by atoms with E-state index in [4.69, 9.17) is 10.3 Å². The molecular weight excluding hydrogens is 88.9 g/mol. The quantitative estimate of drug-likeness (QED) is 0.513. The fraction of sp³-hybridized carbons (Fsp3) is 1.00. The van der Waals surface area contributed by atoms with Gasteiger partial charge >= 0.3 is 7.05 Å². The van der Waals surface area contributed by atoms with E-state index in [9.17, 15) is 0 Å². The van der Waals surface area contributed by atoms with E-state index in [1.54, 1.807) is 0 Å². The molecule has 0 aromatic heterocycles. The summed E-state index contributed by atoms with van der Waals surface area (Å²) >= 11 is 0. The summed E-state index contributed by atoms with van der Waals surface area (Å²) in [6.45, 7) is 5.74. The second-order valence-corrected chi connectivity index (χ2v) is 1.89. The first-order valence-corrected chi connectivity index (χ1v) is 2.54. The molecule has 3 heteroatoms. The van der Waals surface area contributed by atoms with Gasteiger partial charge in [0.2, 0.25) is 0 Å². The van der Waals surface area contributed by atoms with E-state index in [1.807, 2.05) is 20.7 Å². The van der Waals surface area contributed by atoms with Crippen molar-refractivity contribution in [3.8, 4) is 0 Å². The maximum Gasteiger partial charge on any atom is 0.373 e. The number of hydrogen-bond acceptors (Lipinski definition) is 2. The molecule has 2 N–H and O–H groups in total. The fourth-order valence-corrected chi connectivity index (χ4v) is 0.429. The standard InChI is InChI=1S/C4H12BNO/c1-4(2)7-5(3)6/h4H,6H2,1-3H3. The Kier molecular flexibility index (Phi) is 3.04. The Hall–Kier alpha value is -0.0151. The molecule has 0 aromatic rings. The minimum atomic E-state index is -0.125. The normalized spacial score (nSPS) is 9.86. The highest BCUT2D eigenvalue weighted by Crippen LogP contribution is 1.85. The van der Waals surface area contributed by atoms with Crippen LogP contribution in [0.5, 0.6) is 0 Å². The van der Waals surface area contributed by atoms with Gasteiger partial charge in [0, 0.05) is 6.10 Å². The topological polar surface area (TPSA) is 35.2 Å². The van der Waals surface area contributed by atoms with Crippen LogP contribution in [0, 0.1) is 0 Å². The molecule has 0 spiro atoms. The summed E-state index contributed by atoms with van der Waals surface area (Å²) in [6, 6.07) is 0. The lowest BCUT2D eigenvalue weighted by molar-refractivity contribution is 0.245. The third-order valence-corrected chi connectivity index (χ3v) is 0.487. The largest absolute Gasteiger partial charge is 0.420 e. The summed E-state index contributed by atoms with van der Waals surface area (Å²) in [7, 11) is -0.125. The van der Waals surface area contributed by atoms with Crippen LogP contribution in [0.2, 0.25) is 6.82 Å². The third-order valence-electron chi connectivity index (χ3n) is 0.487. The van der Waals surface area contributed by atoms with Crippen molar-refractivity contribution in [1.29, 1.82) is 0 Å². The van der Waals surface area contributed by atoms with Crippen LogP contribution >= 0.6 is 0 Å². The number of rotatable bonds is 2. The van der Waals surface area contributed by atoms with Gasteiger partial charge in [-0.15, -0.1) is 0 Å². The molecule has 0 atom stereocenters. The first-order valence-electron chi connectivity index (χ1n) is 2.54. The highest BCUT2D eigenvalue weighted by Gasteiger charge is 2.00. The Bertz CT molecular complexity index is 41.0. The van der Waals surface area contributed by atoms with Gasteiger partial charge in [-0.1, -0.05) is 0 Å². The lowest BCUT2D eigenvalue weighted by Gasteiger charge is -2.06. The van der Waals surface area contributed by atoms with E-state index >= 15 is 0 Å². The third kappa shape index (κ3) is 5.98. The van der Waals surface area contributed by atoms with Crippen molar-refractivity contribution in [2.45, 2.75) is 26.8 Å². The summed E-state index contributed by atoms with van der Waals surface area (Å²) in [5.74, 6) is 0. The van der Waals surface area contributed by atoms with Crippen molar-refractivity contribution in [2.24, 2.45) is 5.64 Å². The van der Waals surface area contributed by atoms with Crippen LogP contribution in [0.3, 0.4) is 0 Å². The molecule has 0 saturated heterocycles. The monoisotopic (exact) mass is 101 g/mol. The predicted octanol–water partition coefficient (Wildman–Crippen LogP) is 0.488. The molecular formula is C4H12BNO. The average molecular weight is 101 g/mol. The van der Waals surface area contributed by atoms with Crippen molar-refractivity contribution in [1.82, 2.24) is 0 Å². The van der Waals surface area contributed by atoms with Gasteiger partial charge in [-0.05, 0) is 20.7 Å². The summed E-state index contributed by atoms with van der Waals surface area (Å²) < 4.78 is 5.03. The summed E-state index contributed by atoms with van der Waals surface area (Å²) in [5.41, 5.74) is 5.27. The molecule has 0 bridgehead atoms. The molecule has 0 aliphatic carbocycles. The summed E-state index contributed by atoms with van der Waals surface area (Å²) in [5, 5.41) is 0. The van der Waals surface area contributed by atoms with E-state index in [0.29, 0.717) is 0 Å². The lowest BCUT2D eigenvalue weighted by Crippen LogP contribution is -2.28.